The number of primary amides is 1. The van der Waals surface area contributed by atoms with Gasteiger partial charge in [0.25, 0.3) is 5.69 Å². The molecule has 0 heterocycles. The molecule has 0 aromatic heterocycles. The summed E-state index contributed by atoms with van der Waals surface area (Å²) in [5, 5.41) is 19.5. The van der Waals surface area contributed by atoms with Crippen LogP contribution >= 0.6 is 0 Å². The molecule has 3 N–H and O–H groups in total. The number of nitro groups is 1. The second-order valence-electron chi connectivity index (χ2n) is 2.71. The van der Waals surface area contributed by atoms with Gasteiger partial charge in [-0.3, -0.25) is 14.9 Å². The molecule has 0 saturated heterocycles. The number of benzene rings is 1. The van der Waals surface area contributed by atoms with Crippen molar-refractivity contribution in [1.29, 1.82) is 0 Å². The summed E-state index contributed by atoms with van der Waals surface area (Å²) in [6.07, 6.45) is -0.259. The number of aromatic hydroxyl groups is 1. The first-order valence-corrected chi connectivity index (χ1v) is 3.75. The maximum absolute atomic E-state index is 10.6. The quantitative estimate of drug-likeness (QED) is 0.536. The zero-order chi connectivity index (χ0) is 10.7. The SMILES string of the molecule is NC(=O)Cc1cc(O)ccc1[N+](=O)[O-]. The fourth-order valence-corrected chi connectivity index (χ4v) is 1.08. The van der Waals surface area contributed by atoms with Crippen molar-refractivity contribution in [2.75, 3.05) is 0 Å². The van der Waals surface area contributed by atoms with Crippen molar-refractivity contribution in [3.05, 3.63) is 33.9 Å². The molecule has 1 amide bonds. The van der Waals surface area contributed by atoms with Gasteiger partial charge in [0.2, 0.25) is 5.91 Å². The van der Waals surface area contributed by atoms with Crippen LogP contribution in [-0.2, 0) is 11.2 Å². The third kappa shape index (κ3) is 2.19. The van der Waals surface area contributed by atoms with Gasteiger partial charge in [-0.05, 0) is 12.1 Å². The topological polar surface area (TPSA) is 106 Å². The average molecular weight is 196 g/mol. The molecule has 0 aliphatic rings. The number of rotatable bonds is 3. The highest BCUT2D eigenvalue weighted by molar-refractivity contribution is 5.78. The molecule has 6 nitrogen and oxygen atoms in total. The number of carbonyl (C=O) groups excluding carboxylic acids is 1. The van der Waals surface area contributed by atoms with Gasteiger partial charge < -0.3 is 10.8 Å². The summed E-state index contributed by atoms with van der Waals surface area (Å²) in [6.45, 7) is 0. The minimum Gasteiger partial charge on any atom is -0.508 e. The van der Waals surface area contributed by atoms with E-state index in [-0.39, 0.29) is 23.4 Å². The van der Waals surface area contributed by atoms with Crippen LogP contribution in [0.1, 0.15) is 5.56 Å². The Bertz CT molecular complexity index is 389. The Hall–Kier alpha value is -2.11. The van der Waals surface area contributed by atoms with Crippen molar-refractivity contribution in [2.45, 2.75) is 6.42 Å². The Kier molecular flexibility index (Phi) is 2.66. The molecule has 0 aliphatic carbocycles. The zero-order valence-electron chi connectivity index (χ0n) is 7.14. The molecule has 0 atom stereocenters. The number of nitrogens with two attached hydrogens (primary N) is 1. The summed E-state index contributed by atoms with van der Waals surface area (Å²) in [5.74, 6) is -0.814. The van der Waals surface area contributed by atoms with E-state index in [4.69, 9.17) is 10.8 Å². The molecule has 1 rings (SSSR count). The molecule has 0 fully saturated rings. The zero-order valence-corrected chi connectivity index (χ0v) is 7.14. The molecule has 1 aromatic carbocycles. The van der Waals surface area contributed by atoms with E-state index in [1.54, 1.807) is 0 Å². The highest BCUT2D eigenvalue weighted by Crippen LogP contribution is 2.23. The fraction of sp³-hybridized carbons (Fsp3) is 0.125. The van der Waals surface area contributed by atoms with Gasteiger partial charge in [-0.2, -0.15) is 0 Å². The number of phenols is 1. The third-order valence-corrected chi connectivity index (χ3v) is 1.62. The molecule has 0 radical (unpaired) electrons. The second-order valence-corrected chi connectivity index (χ2v) is 2.71. The van der Waals surface area contributed by atoms with Crippen molar-refractivity contribution in [3.63, 3.8) is 0 Å². The third-order valence-electron chi connectivity index (χ3n) is 1.62. The van der Waals surface area contributed by atoms with Gasteiger partial charge in [0, 0.05) is 11.6 Å². The van der Waals surface area contributed by atoms with Crippen LogP contribution in [0.5, 0.6) is 5.75 Å². The van der Waals surface area contributed by atoms with Gasteiger partial charge in [-0.1, -0.05) is 0 Å². The monoisotopic (exact) mass is 196 g/mol. The average Bonchev–Trinajstić information content (AvgIpc) is 2.01. The minimum atomic E-state index is -0.682. The predicted octanol–water partition coefficient (Wildman–Crippen LogP) is 0.328. The lowest BCUT2D eigenvalue weighted by atomic mass is 10.1. The lowest BCUT2D eigenvalue weighted by molar-refractivity contribution is -0.385. The molecule has 0 unspecified atom stereocenters. The number of hydrogen-bond donors (Lipinski definition) is 2. The molecule has 6 heteroatoms. The first kappa shape index (κ1) is 9.97. The van der Waals surface area contributed by atoms with Crippen molar-refractivity contribution in [2.24, 2.45) is 5.73 Å². The van der Waals surface area contributed by atoms with Crippen LogP contribution in [0.15, 0.2) is 18.2 Å². The molecule has 0 aliphatic heterocycles. The van der Waals surface area contributed by atoms with Crippen LogP contribution in [-0.4, -0.2) is 15.9 Å². The number of hydrogen-bond acceptors (Lipinski definition) is 4. The standard InChI is InChI=1S/C8H8N2O4/c9-8(12)4-5-3-6(11)1-2-7(5)10(13)14/h1-3,11H,4H2,(H2,9,12). The lowest BCUT2D eigenvalue weighted by Crippen LogP contribution is -2.14. The molecule has 1 aromatic rings. The molecule has 0 bridgehead atoms. The molecular formula is C8H8N2O4. The summed E-state index contributed by atoms with van der Waals surface area (Å²) in [6, 6.07) is 3.47. The van der Waals surface area contributed by atoms with Crippen LogP contribution in [0.2, 0.25) is 0 Å². The van der Waals surface area contributed by atoms with Crippen LogP contribution in [0.25, 0.3) is 0 Å². The van der Waals surface area contributed by atoms with Gasteiger partial charge in [0.05, 0.1) is 11.3 Å². The lowest BCUT2D eigenvalue weighted by Gasteiger charge is -2.00. The van der Waals surface area contributed by atoms with E-state index in [1.165, 1.54) is 6.07 Å². The van der Waals surface area contributed by atoms with Crippen LogP contribution in [0, 0.1) is 10.1 Å². The Morgan fingerprint density at radius 3 is 2.71 bits per heavy atom. The Labute approximate surface area is 79.1 Å². The molecule has 0 saturated carbocycles. The highest BCUT2D eigenvalue weighted by atomic mass is 16.6. The van der Waals surface area contributed by atoms with Gasteiger partial charge in [-0.25, -0.2) is 0 Å². The normalized spacial score (nSPS) is 9.71. The predicted molar refractivity (Wildman–Crippen MR) is 47.7 cm³/mol. The summed E-state index contributed by atoms with van der Waals surface area (Å²) < 4.78 is 0. The van der Waals surface area contributed by atoms with Gasteiger partial charge in [0.15, 0.2) is 0 Å². The Balaban J connectivity index is 3.15. The minimum absolute atomic E-state index is 0.113. The molecule has 14 heavy (non-hydrogen) atoms. The largest absolute Gasteiger partial charge is 0.508 e. The Morgan fingerprint density at radius 2 is 2.21 bits per heavy atom. The summed E-state index contributed by atoms with van der Waals surface area (Å²) in [5.41, 5.74) is 4.79. The van der Waals surface area contributed by atoms with Crippen LogP contribution < -0.4 is 5.73 Å². The fourth-order valence-electron chi connectivity index (χ4n) is 1.08. The number of phenolic OH excluding ortho intramolecular Hbond substituents is 1. The first-order chi connectivity index (χ1) is 6.50. The number of nitrogens with zero attached hydrogens (tertiary/aromatic N) is 1. The summed E-state index contributed by atoms with van der Waals surface area (Å²) in [7, 11) is 0. The first-order valence-electron chi connectivity index (χ1n) is 3.75. The maximum Gasteiger partial charge on any atom is 0.273 e. The van der Waals surface area contributed by atoms with Gasteiger partial charge in [0.1, 0.15) is 5.75 Å². The van der Waals surface area contributed by atoms with E-state index in [9.17, 15) is 14.9 Å². The summed E-state index contributed by atoms with van der Waals surface area (Å²) >= 11 is 0. The van der Waals surface area contributed by atoms with Gasteiger partial charge >= 0.3 is 0 Å². The van der Waals surface area contributed by atoms with Crippen molar-refractivity contribution < 1.29 is 14.8 Å². The Morgan fingerprint density at radius 1 is 1.57 bits per heavy atom. The molecule has 74 valence electrons. The molecular weight excluding hydrogens is 188 g/mol. The van der Waals surface area contributed by atoms with Crippen LogP contribution in [0.4, 0.5) is 5.69 Å². The van der Waals surface area contributed by atoms with Crippen LogP contribution in [0.3, 0.4) is 0 Å². The van der Waals surface area contributed by atoms with Crippen molar-refractivity contribution in [1.82, 2.24) is 0 Å². The molecule has 0 spiro atoms. The summed E-state index contributed by atoms with van der Waals surface area (Å²) in [4.78, 5) is 20.4. The highest BCUT2D eigenvalue weighted by Gasteiger charge is 2.15. The van der Waals surface area contributed by atoms with E-state index < -0.39 is 10.8 Å². The maximum atomic E-state index is 10.6. The second kappa shape index (κ2) is 3.73. The number of amides is 1. The smallest absolute Gasteiger partial charge is 0.273 e. The van der Waals surface area contributed by atoms with Crippen molar-refractivity contribution in [3.8, 4) is 5.75 Å². The number of nitro benzene ring substituents is 1. The van der Waals surface area contributed by atoms with E-state index in [2.05, 4.69) is 0 Å². The van der Waals surface area contributed by atoms with Gasteiger partial charge in [-0.15, -0.1) is 0 Å². The van der Waals surface area contributed by atoms with Crippen molar-refractivity contribution >= 4 is 11.6 Å². The number of carbonyl (C=O) groups is 1. The van der Waals surface area contributed by atoms with E-state index in [1.807, 2.05) is 0 Å². The van der Waals surface area contributed by atoms with E-state index in [0.29, 0.717) is 0 Å². The van der Waals surface area contributed by atoms with E-state index >= 15 is 0 Å². The van der Waals surface area contributed by atoms with E-state index in [0.717, 1.165) is 12.1 Å².